The second kappa shape index (κ2) is 12.3. The van der Waals surface area contributed by atoms with E-state index in [0.29, 0.717) is 6.47 Å². The molecular formula is C27H44O4. The van der Waals surface area contributed by atoms with Crippen molar-refractivity contribution in [2.24, 2.45) is 5.41 Å². The molecule has 0 fully saturated rings. The monoisotopic (exact) mass is 432 g/mol. The molecule has 1 rings (SSSR count). The van der Waals surface area contributed by atoms with E-state index in [2.05, 4.69) is 26.8 Å². The van der Waals surface area contributed by atoms with Crippen LogP contribution in [-0.2, 0) is 27.2 Å². The molecule has 0 unspecified atom stereocenters. The van der Waals surface area contributed by atoms with Crippen LogP contribution >= 0.6 is 0 Å². The van der Waals surface area contributed by atoms with Gasteiger partial charge in [-0.05, 0) is 121 Å². The maximum Gasteiger partial charge on any atom is 0.309 e. The van der Waals surface area contributed by atoms with E-state index in [1.165, 1.54) is 27.8 Å². The van der Waals surface area contributed by atoms with Gasteiger partial charge >= 0.3 is 5.97 Å². The van der Waals surface area contributed by atoms with Crippen molar-refractivity contribution in [2.45, 2.75) is 118 Å². The number of benzene rings is 1. The summed E-state index contributed by atoms with van der Waals surface area (Å²) < 4.78 is 5.14. The second-order valence-corrected chi connectivity index (χ2v) is 10.4. The Labute approximate surface area is 189 Å². The summed E-state index contributed by atoms with van der Waals surface area (Å²) in [4.78, 5) is 21.8. The lowest BCUT2D eigenvalue weighted by molar-refractivity contribution is -0.147. The minimum Gasteiger partial charge on any atom is -0.481 e. The highest BCUT2D eigenvalue weighted by Crippen LogP contribution is 2.27. The molecule has 0 aliphatic rings. The molecular weight excluding hydrogens is 388 g/mol. The van der Waals surface area contributed by atoms with Crippen LogP contribution < -0.4 is 0 Å². The van der Waals surface area contributed by atoms with Gasteiger partial charge in [-0.2, -0.15) is 0 Å². The molecule has 0 saturated carbocycles. The molecule has 0 bridgehead atoms. The Balaban J connectivity index is 2.51. The van der Waals surface area contributed by atoms with E-state index in [4.69, 9.17) is 4.74 Å². The third kappa shape index (κ3) is 9.04. The summed E-state index contributed by atoms with van der Waals surface area (Å²) in [5, 5.41) is 9.21. The van der Waals surface area contributed by atoms with Crippen molar-refractivity contribution >= 4 is 12.4 Å². The molecule has 0 aliphatic carbocycles. The number of aryl methyl sites for hydroxylation is 2. The molecule has 0 saturated heterocycles. The largest absolute Gasteiger partial charge is 0.481 e. The summed E-state index contributed by atoms with van der Waals surface area (Å²) in [6.45, 7) is 14.8. The standard InChI is InChI=1S/C27H44O4/c1-20-18-23(14-11-13-17-27(6,7)31-19-28)21(2)22(3)24(20)15-10-8-9-12-16-26(4,5)25(29)30/h18-19H,8-17H2,1-7H3,(H,29,30). The van der Waals surface area contributed by atoms with Crippen LogP contribution in [0.5, 0.6) is 0 Å². The molecule has 1 aromatic rings. The molecule has 0 heterocycles. The van der Waals surface area contributed by atoms with Crippen molar-refractivity contribution < 1.29 is 19.4 Å². The summed E-state index contributed by atoms with van der Waals surface area (Å²) in [6.07, 6.45) is 10.3. The number of hydrogen-bond acceptors (Lipinski definition) is 3. The van der Waals surface area contributed by atoms with Crippen molar-refractivity contribution in [3.8, 4) is 0 Å². The summed E-state index contributed by atoms with van der Waals surface area (Å²) in [5.41, 5.74) is 6.14. The molecule has 0 radical (unpaired) electrons. The van der Waals surface area contributed by atoms with E-state index >= 15 is 0 Å². The van der Waals surface area contributed by atoms with E-state index in [1.54, 1.807) is 0 Å². The van der Waals surface area contributed by atoms with Crippen LogP contribution in [0.15, 0.2) is 6.07 Å². The van der Waals surface area contributed by atoms with Gasteiger partial charge in [-0.15, -0.1) is 0 Å². The zero-order chi connectivity index (χ0) is 23.7. The number of aliphatic carboxylic acids is 1. The van der Waals surface area contributed by atoms with Gasteiger partial charge in [0.15, 0.2) is 0 Å². The Morgan fingerprint density at radius 1 is 0.903 bits per heavy atom. The number of carbonyl (C=O) groups is 2. The lowest BCUT2D eigenvalue weighted by Crippen LogP contribution is -2.23. The van der Waals surface area contributed by atoms with E-state index in [-0.39, 0.29) is 5.60 Å². The fourth-order valence-electron chi connectivity index (χ4n) is 4.25. The average Bonchev–Trinajstić information content (AvgIpc) is 2.67. The maximum atomic E-state index is 11.2. The van der Waals surface area contributed by atoms with Gasteiger partial charge in [0.1, 0.15) is 5.60 Å². The predicted molar refractivity (Wildman–Crippen MR) is 128 cm³/mol. The zero-order valence-electron chi connectivity index (χ0n) is 20.9. The van der Waals surface area contributed by atoms with Crippen molar-refractivity contribution in [3.05, 3.63) is 33.9 Å². The fraction of sp³-hybridized carbons (Fsp3) is 0.704. The van der Waals surface area contributed by atoms with Crippen molar-refractivity contribution in [1.82, 2.24) is 0 Å². The van der Waals surface area contributed by atoms with Gasteiger partial charge in [0, 0.05) is 0 Å². The van der Waals surface area contributed by atoms with Gasteiger partial charge in [-0.25, -0.2) is 0 Å². The van der Waals surface area contributed by atoms with Crippen molar-refractivity contribution in [1.29, 1.82) is 0 Å². The lowest BCUT2D eigenvalue weighted by Gasteiger charge is -2.22. The van der Waals surface area contributed by atoms with Gasteiger partial charge < -0.3 is 9.84 Å². The number of unbranched alkanes of at least 4 members (excludes halogenated alkanes) is 4. The molecule has 0 aromatic heterocycles. The molecule has 4 nitrogen and oxygen atoms in total. The van der Waals surface area contributed by atoms with Gasteiger partial charge in [0.2, 0.25) is 0 Å². The Kier molecular flexibility index (Phi) is 10.8. The normalized spacial score (nSPS) is 12.1. The third-order valence-electron chi connectivity index (χ3n) is 6.76. The van der Waals surface area contributed by atoms with Crippen LogP contribution in [-0.4, -0.2) is 23.1 Å². The number of carboxylic acids is 1. The Hall–Kier alpha value is -1.84. The van der Waals surface area contributed by atoms with Gasteiger partial charge in [-0.1, -0.05) is 25.3 Å². The Morgan fingerprint density at radius 3 is 2.10 bits per heavy atom. The van der Waals surface area contributed by atoms with Crippen LogP contribution in [0, 0.1) is 26.2 Å². The number of ether oxygens (including phenoxy) is 1. The zero-order valence-corrected chi connectivity index (χ0v) is 20.9. The highest BCUT2D eigenvalue weighted by Gasteiger charge is 2.26. The van der Waals surface area contributed by atoms with E-state index in [0.717, 1.165) is 64.2 Å². The fourth-order valence-corrected chi connectivity index (χ4v) is 4.25. The average molecular weight is 433 g/mol. The minimum absolute atomic E-state index is 0.379. The van der Waals surface area contributed by atoms with Gasteiger partial charge in [0.05, 0.1) is 5.41 Å². The van der Waals surface area contributed by atoms with Crippen molar-refractivity contribution in [2.75, 3.05) is 0 Å². The SMILES string of the molecule is Cc1cc(CCCCC(C)(C)OC=O)c(C)c(C)c1CCCCCCC(C)(C)C(=O)O. The second-order valence-electron chi connectivity index (χ2n) is 10.4. The molecule has 1 N–H and O–H groups in total. The van der Waals surface area contributed by atoms with Crippen molar-refractivity contribution in [3.63, 3.8) is 0 Å². The van der Waals surface area contributed by atoms with Gasteiger partial charge in [-0.3, -0.25) is 9.59 Å². The van der Waals surface area contributed by atoms with Crippen LogP contribution in [0.2, 0.25) is 0 Å². The molecule has 0 atom stereocenters. The highest BCUT2D eigenvalue weighted by molar-refractivity contribution is 5.73. The summed E-state index contributed by atoms with van der Waals surface area (Å²) >= 11 is 0. The molecule has 1 aromatic carbocycles. The quantitative estimate of drug-likeness (QED) is 0.242. The Morgan fingerprint density at radius 2 is 1.48 bits per heavy atom. The summed E-state index contributed by atoms with van der Waals surface area (Å²) in [5.74, 6) is -0.702. The van der Waals surface area contributed by atoms with Crippen LogP contribution in [0.4, 0.5) is 0 Å². The maximum absolute atomic E-state index is 11.2. The molecule has 176 valence electrons. The van der Waals surface area contributed by atoms with E-state index in [9.17, 15) is 14.7 Å². The number of carbonyl (C=O) groups excluding carboxylic acids is 1. The summed E-state index contributed by atoms with van der Waals surface area (Å²) in [6, 6.07) is 2.36. The van der Waals surface area contributed by atoms with Gasteiger partial charge in [0.25, 0.3) is 6.47 Å². The molecule has 4 heteroatoms. The molecule has 0 amide bonds. The minimum atomic E-state index is -0.702. The van der Waals surface area contributed by atoms with E-state index in [1.807, 2.05) is 27.7 Å². The number of hydrogen-bond donors (Lipinski definition) is 1. The summed E-state index contributed by atoms with van der Waals surface area (Å²) in [7, 11) is 0. The number of carboxylic acid groups (broad SMARTS) is 1. The van der Waals surface area contributed by atoms with Crippen LogP contribution in [0.25, 0.3) is 0 Å². The third-order valence-corrected chi connectivity index (χ3v) is 6.76. The topological polar surface area (TPSA) is 63.6 Å². The molecule has 31 heavy (non-hydrogen) atoms. The smallest absolute Gasteiger partial charge is 0.309 e. The van der Waals surface area contributed by atoms with Crippen LogP contribution in [0.1, 0.15) is 107 Å². The first kappa shape index (κ1) is 27.2. The number of rotatable bonds is 15. The first-order valence-electron chi connectivity index (χ1n) is 11.8. The molecule has 0 aliphatic heterocycles. The lowest BCUT2D eigenvalue weighted by atomic mass is 9.86. The predicted octanol–water partition coefficient (Wildman–Crippen LogP) is 6.88. The Bertz CT molecular complexity index is 731. The van der Waals surface area contributed by atoms with E-state index < -0.39 is 11.4 Å². The molecule has 0 spiro atoms. The highest BCUT2D eigenvalue weighted by atomic mass is 16.5. The first-order chi connectivity index (χ1) is 14.4. The van der Waals surface area contributed by atoms with Crippen LogP contribution in [0.3, 0.4) is 0 Å². The first-order valence-corrected chi connectivity index (χ1v) is 11.8.